The first-order valence-corrected chi connectivity index (χ1v) is 10.2. The second kappa shape index (κ2) is 13.4. The summed E-state index contributed by atoms with van der Waals surface area (Å²) in [5.74, 6) is -0.140. The summed E-state index contributed by atoms with van der Waals surface area (Å²) >= 11 is 0. The Bertz CT molecular complexity index is 405. The van der Waals surface area contributed by atoms with E-state index in [0.29, 0.717) is 12.8 Å². The highest BCUT2D eigenvalue weighted by atomic mass is 17.3. The standard InChI is InChI=1S/C19H34O8/c1-3-4-8-12-16-22-18(26-24-16)14-19-23-17(25-27-19)13-10-7-5-6-9-11-15(20)21-2/h16-19H,3-14H2,1-2H3. The minimum absolute atomic E-state index is 0.140. The molecule has 8 heteroatoms. The maximum atomic E-state index is 11.0. The first-order valence-electron chi connectivity index (χ1n) is 10.2. The molecule has 0 saturated carbocycles. The van der Waals surface area contributed by atoms with E-state index >= 15 is 0 Å². The molecule has 0 N–H and O–H groups in total. The molecule has 0 aromatic heterocycles. The molecule has 4 atom stereocenters. The molecule has 2 heterocycles. The lowest BCUT2D eigenvalue weighted by Crippen LogP contribution is -2.21. The number of rotatable bonds is 14. The van der Waals surface area contributed by atoms with Crippen molar-refractivity contribution in [1.29, 1.82) is 0 Å². The van der Waals surface area contributed by atoms with Crippen LogP contribution >= 0.6 is 0 Å². The van der Waals surface area contributed by atoms with E-state index in [1.165, 1.54) is 7.11 Å². The summed E-state index contributed by atoms with van der Waals surface area (Å²) in [4.78, 5) is 31.8. The quantitative estimate of drug-likeness (QED) is 0.249. The fourth-order valence-electron chi connectivity index (χ4n) is 3.03. The average Bonchev–Trinajstić information content (AvgIpc) is 3.30. The van der Waals surface area contributed by atoms with Crippen LogP contribution in [0, 0.1) is 0 Å². The maximum absolute atomic E-state index is 11.0. The monoisotopic (exact) mass is 390 g/mol. The topological polar surface area (TPSA) is 81.7 Å². The lowest BCUT2D eigenvalue weighted by molar-refractivity contribution is -0.321. The Morgan fingerprint density at radius 2 is 1.26 bits per heavy atom. The molecule has 0 radical (unpaired) electrons. The summed E-state index contributed by atoms with van der Waals surface area (Å²) in [5, 5.41) is 0. The third kappa shape index (κ3) is 9.32. The van der Waals surface area contributed by atoms with Gasteiger partial charge in [0.25, 0.3) is 0 Å². The van der Waals surface area contributed by atoms with Crippen LogP contribution in [0.5, 0.6) is 0 Å². The number of methoxy groups -OCH3 is 1. The Morgan fingerprint density at radius 1 is 0.741 bits per heavy atom. The van der Waals surface area contributed by atoms with Crippen LogP contribution in [0.15, 0.2) is 0 Å². The third-order valence-electron chi connectivity index (χ3n) is 4.62. The Hall–Kier alpha value is -0.770. The maximum Gasteiger partial charge on any atom is 0.305 e. The summed E-state index contributed by atoms with van der Waals surface area (Å²) in [6.07, 6.45) is 9.26. The third-order valence-corrected chi connectivity index (χ3v) is 4.62. The Balaban J connectivity index is 1.45. The predicted molar refractivity (Wildman–Crippen MR) is 94.8 cm³/mol. The zero-order chi connectivity index (χ0) is 19.3. The molecule has 158 valence electrons. The number of carbonyl (C=O) groups excluding carboxylic acids is 1. The number of esters is 1. The van der Waals surface area contributed by atoms with Crippen LogP contribution in [0.2, 0.25) is 0 Å². The van der Waals surface area contributed by atoms with Gasteiger partial charge in [-0.15, -0.1) is 0 Å². The molecule has 2 saturated heterocycles. The van der Waals surface area contributed by atoms with Crippen molar-refractivity contribution in [2.45, 2.75) is 109 Å². The number of hydrogen-bond acceptors (Lipinski definition) is 8. The fourth-order valence-corrected chi connectivity index (χ4v) is 3.03. The van der Waals surface area contributed by atoms with E-state index in [1.807, 2.05) is 0 Å². The van der Waals surface area contributed by atoms with E-state index in [4.69, 9.17) is 29.0 Å². The van der Waals surface area contributed by atoms with E-state index in [0.717, 1.165) is 64.2 Å². The van der Waals surface area contributed by atoms with E-state index in [-0.39, 0.29) is 18.5 Å². The molecule has 2 aliphatic rings. The van der Waals surface area contributed by atoms with Gasteiger partial charge in [-0.3, -0.25) is 4.79 Å². The normalized spacial score (nSPS) is 27.9. The smallest absolute Gasteiger partial charge is 0.305 e. The molecule has 0 spiro atoms. The molecule has 4 unspecified atom stereocenters. The predicted octanol–water partition coefficient (Wildman–Crippen LogP) is 4.12. The first-order chi connectivity index (χ1) is 13.2. The zero-order valence-electron chi connectivity index (χ0n) is 16.6. The zero-order valence-corrected chi connectivity index (χ0v) is 16.6. The Morgan fingerprint density at radius 3 is 1.85 bits per heavy atom. The summed E-state index contributed by atoms with van der Waals surface area (Å²) < 4.78 is 16.0. The highest BCUT2D eigenvalue weighted by Gasteiger charge is 2.35. The minimum atomic E-state index is -0.502. The van der Waals surface area contributed by atoms with Crippen molar-refractivity contribution in [3.05, 3.63) is 0 Å². The van der Waals surface area contributed by atoms with Gasteiger partial charge in [-0.2, -0.15) is 0 Å². The second-order valence-electron chi connectivity index (χ2n) is 6.99. The summed E-state index contributed by atoms with van der Waals surface area (Å²) in [7, 11) is 1.42. The van der Waals surface area contributed by atoms with Crippen molar-refractivity contribution in [3.8, 4) is 0 Å². The number of hydrogen-bond donors (Lipinski definition) is 0. The van der Waals surface area contributed by atoms with Crippen molar-refractivity contribution < 1.29 is 38.6 Å². The van der Waals surface area contributed by atoms with E-state index < -0.39 is 12.6 Å². The second-order valence-corrected chi connectivity index (χ2v) is 6.99. The van der Waals surface area contributed by atoms with Gasteiger partial charge in [0.1, 0.15) is 0 Å². The van der Waals surface area contributed by atoms with Crippen molar-refractivity contribution in [2.75, 3.05) is 7.11 Å². The molecule has 2 rings (SSSR count). The van der Waals surface area contributed by atoms with Crippen LogP contribution in [0.25, 0.3) is 0 Å². The van der Waals surface area contributed by atoms with Gasteiger partial charge in [-0.05, 0) is 19.3 Å². The highest BCUT2D eigenvalue weighted by molar-refractivity contribution is 5.68. The molecule has 0 bridgehead atoms. The van der Waals surface area contributed by atoms with Crippen LogP contribution in [0.3, 0.4) is 0 Å². The van der Waals surface area contributed by atoms with Gasteiger partial charge in [0.15, 0.2) is 25.2 Å². The number of carbonyl (C=O) groups is 1. The van der Waals surface area contributed by atoms with Gasteiger partial charge in [0, 0.05) is 19.3 Å². The first kappa shape index (κ1) is 22.5. The van der Waals surface area contributed by atoms with E-state index in [9.17, 15) is 4.79 Å². The number of ether oxygens (including phenoxy) is 3. The van der Waals surface area contributed by atoms with Gasteiger partial charge >= 0.3 is 5.97 Å². The highest BCUT2D eigenvalue weighted by Crippen LogP contribution is 2.27. The minimum Gasteiger partial charge on any atom is -0.469 e. The summed E-state index contributed by atoms with van der Waals surface area (Å²) in [6, 6.07) is 0. The van der Waals surface area contributed by atoms with Crippen LogP contribution in [-0.2, 0) is 38.6 Å². The molecule has 8 nitrogen and oxygen atoms in total. The van der Waals surface area contributed by atoms with Gasteiger partial charge < -0.3 is 14.2 Å². The molecule has 2 aliphatic heterocycles. The molecule has 0 aromatic carbocycles. The van der Waals surface area contributed by atoms with Crippen molar-refractivity contribution in [1.82, 2.24) is 0 Å². The van der Waals surface area contributed by atoms with E-state index in [2.05, 4.69) is 11.7 Å². The van der Waals surface area contributed by atoms with Gasteiger partial charge in [-0.25, -0.2) is 19.6 Å². The van der Waals surface area contributed by atoms with Crippen molar-refractivity contribution >= 4 is 5.97 Å². The lowest BCUT2D eigenvalue weighted by Gasteiger charge is -2.11. The van der Waals surface area contributed by atoms with Crippen LogP contribution in [-0.4, -0.2) is 38.2 Å². The molecule has 2 fully saturated rings. The largest absolute Gasteiger partial charge is 0.469 e. The lowest BCUT2D eigenvalue weighted by atomic mass is 10.1. The Kier molecular flexibility index (Phi) is 11.2. The molecule has 0 aliphatic carbocycles. The molecular weight excluding hydrogens is 356 g/mol. The molecular formula is C19H34O8. The molecule has 0 aromatic rings. The van der Waals surface area contributed by atoms with Crippen molar-refractivity contribution in [2.24, 2.45) is 0 Å². The summed E-state index contributed by atoms with van der Waals surface area (Å²) in [6.45, 7) is 2.16. The van der Waals surface area contributed by atoms with Crippen LogP contribution in [0.1, 0.15) is 84.0 Å². The molecule has 27 heavy (non-hydrogen) atoms. The molecule has 0 amide bonds. The van der Waals surface area contributed by atoms with Gasteiger partial charge in [-0.1, -0.05) is 39.0 Å². The van der Waals surface area contributed by atoms with Gasteiger partial charge in [0.2, 0.25) is 0 Å². The van der Waals surface area contributed by atoms with Crippen molar-refractivity contribution in [3.63, 3.8) is 0 Å². The van der Waals surface area contributed by atoms with Gasteiger partial charge in [0.05, 0.1) is 13.5 Å². The SMILES string of the molecule is CCCCCC1OOC(CC2OOC(CCCCCCCC(=O)OC)O2)O1. The fraction of sp³-hybridized carbons (Fsp3) is 0.947. The van der Waals surface area contributed by atoms with Crippen LogP contribution in [0.4, 0.5) is 0 Å². The number of unbranched alkanes of at least 4 members (excludes halogenated alkanes) is 6. The Labute approximate surface area is 161 Å². The van der Waals surface area contributed by atoms with E-state index in [1.54, 1.807) is 0 Å². The summed E-state index contributed by atoms with van der Waals surface area (Å²) in [5.41, 5.74) is 0. The van der Waals surface area contributed by atoms with Crippen LogP contribution < -0.4 is 0 Å². The average molecular weight is 390 g/mol.